The number of nitrogens with one attached hydrogen (secondary N) is 1. The van der Waals surface area contributed by atoms with E-state index < -0.39 is 12.8 Å². The van der Waals surface area contributed by atoms with Crippen LogP contribution in [0, 0.1) is 0 Å². The van der Waals surface area contributed by atoms with Crippen molar-refractivity contribution < 1.29 is 18.0 Å². The fourth-order valence-electron chi connectivity index (χ4n) is 0.999. The van der Waals surface area contributed by atoms with E-state index >= 15 is 0 Å². The third kappa shape index (κ3) is 6.21. The monoisotopic (exact) mass is 231 g/mol. The van der Waals surface area contributed by atoms with Gasteiger partial charge in [-0.05, 0) is 5.56 Å². The van der Waals surface area contributed by atoms with Crippen LogP contribution >= 0.6 is 0 Å². The van der Waals surface area contributed by atoms with Gasteiger partial charge < -0.3 is 0 Å². The van der Waals surface area contributed by atoms with Crippen molar-refractivity contribution in [1.29, 1.82) is 0 Å². The predicted molar refractivity (Wildman–Crippen MR) is 55.5 cm³/mol. The molecule has 0 saturated carbocycles. The van der Waals surface area contributed by atoms with Crippen molar-refractivity contribution >= 4 is 6.08 Å². The fourth-order valence-corrected chi connectivity index (χ4v) is 0.999. The minimum atomic E-state index is -4.30. The van der Waals surface area contributed by atoms with Crippen molar-refractivity contribution in [2.75, 3.05) is 13.2 Å². The van der Waals surface area contributed by atoms with Crippen molar-refractivity contribution in [2.45, 2.75) is 6.18 Å². The van der Waals surface area contributed by atoms with Gasteiger partial charge in [-0.25, -0.2) is 0 Å². The lowest BCUT2D eigenvalue weighted by Crippen LogP contribution is -2.24. The summed E-state index contributed by atoms with van der Waals surface area (Å²) in [5.41, 5.74) is 3.19. The van der Waals surface area contributed by atoms with Gasteiger partial charge in [0.25, 0.3) is 0 Å². The Labute approximate surface area is 91.7 Å². The van der Waals surface area contributed by atoms with E-state index in [-0.39, 0.29) is 6.54 Å². The number of rotatable bonds is 5. The molecule has 0 amide bonds. The van der Waals surface area contributed by atoms with Gasteiger partial charge in [-0.1, -0.05) is 42.5 Å². The molecule has 1 aromatic rings. The second kappa shape index (κ2) is 6.30. The van der Waals surface area contributed by atoms with Crippen LogP contribution in [0.1, 0.15) is 5.56 Å². The summed E-state index contributed by atoms with van der Waals surface area (Å²) in [4.78, 5) is 4.21. The molecule has 0 fully saturated rings. The topological polar surface area (TPSA) is 21.3 Å². The smallest absolute Gasteiger partial charge is 0.292 e. The van der Waals surface area contributed by atoms with Gasteiger partial charge in [0.15, 0.2) is 6.61 Å². The Kier molecular flexibility index (Phi) is 5.01. The highest BCUT2D eigenvalue weighted by molar-refractivity contribution is 5.48. The van der Waals surface area contributed by atoms with Crippen molar-refractivity contribution in [1.82, 2.24) is 5.48 Å². The van der Waals surface area contributed by atoms with Crippen molar-refractivity contribution in [2.24, 2.45) is 0 Å². The molecule has 2 nitrogen and oxygen atoms in total. The SMILES string of the molecule is FC(F)(F)CONC/C=C/c1ccccc1. The van der Waals surface area contributed by atoms with Crippen LogP contribution in [-0.4, -0.2) is 19.3 Å². The molecule has 0 saturated heterocycles. The molecule has 1 aromatic carbocycles. The normalized spacial score (nSPS) is 12.2. The van der Waals surface area contributed by atoms with E-state index in [0.29, 0.717) is 0 Å². The molecule has 0 heterocycles. The van der Waals surface area contributed by atoms with Crippen LogP contribution in [0.15, 0.2) is 36.4 Å². The number of hydrogen-bond donors (Lipinski definition) is 1. The highest BCUT2D eigenvalue weighted by atomic mass is 19.4. The Bertz CT molecular complexity index is 322. The van der Waals surface area contributed by atoms with Gasteiger partial charge in [0.1, 0.15) is 0 Å². The lowest BCUT2D eigenvalue weighted by atomic mass is 10.2. The molecular weight excluding hydrogens is 219 g/mol. The summed E-state index contributed by atoms with van der Waals surface area (Å²) in [5, 5.41) is 0. The zero-order chi connectivity index (χ0) is 11.9. The number of benzene rings is 1. The molecule has 5 heteroatoms. The molecular formula is C11H12F3NO. The zero-order valence-corrected chi connectivity index (χ0v) is 8.50. The van der Waals surface area contributed by atoms with E-state index in [1.807, 2.05) is 30.3 Å². The molecule has 0 aromatic heterocycles. The van der Waals surface area contributed by atoms with E-state index in [4.69, 9.17) is 0 Å². The van der Waals surface area contributed by atoms with E-state index in [2.05, 4.69) is 10.3 Å². The minimum absolute atomic E-state index is 0.227. The highest BCUT2D eigenvalue weighted by Gasteiger charge is 2.27. The molecule has 0 unspecified atom stereocenters. The molecule has 0 atom stereocenters. The fraction of sp³-hybridized carbons (Fsp3) is 0.273. The largest absolute Gasteiger partial charge is 0.413 e. The molecule has 16 heavy (non-hydrogen) atoms. The standard InChI is InChI=1S/C11H12F3NO/c12-11(13,14)9-16-15-8-4-7-10-5-2-1-3-6-10/h1-7,15H,8-9H2/b7-4+. The summed E-state index contributed by atoms with van der Waals surface area (Å²) in [7, 11) is 0. The van der Waals surface area contributed by atoms with Crippen LogP contribution in [0.2, 0.25) is 0 Å². The van der Waals surface area contributed by atoms with Gasteiger partial charge in [-0.15, -0.1) is 0 Å². The lowest BCUT2D eigenvalue weighted by molar-refractivity contribution is -0.188. The maximum atomic E-state index is 11.6. The highest BCUT2D eigenvalue weighted by Crippen LogP contribution is 2.13. The molecule has 0 radical (unpaired) electrons. The number of halogens is 3. The Hall–Kier alpha value is -1.33. The average Bonchev–Trinajstić information content (AvgIpc) is 2.23. The van der Waals surface area contributed by atoms with Gasteiger partial charge >= 0.3 is 6.18 Å². The molecule has 88 valence electrons. The first-order chi connectivity index (χ1) is 7.58. The van der Waals surface area contributed by atoms with Gasteiger partial charge in [0.05, 0.1) is 0 Å². The third-order valence-corrected chi connectivity index (χ3v) is 1.65. The minimum Gasteiger partial charge on any atom is -0.292 e. The summed E-state index contributed by atoms with van der Waals surface area (Å²) >= 11 is 0. The Morgan fingerprint density at radius 2 is 1.88 bits per heavy atom. The van der Waals surface area contributed by atoms with Crippen molar-refractivity contribution in [3.63, 3.8) is 0 Å². The van der Waals surface area contributed by atoms with Crippen LogP contribution in [0.4, 0.5) is 13.2 Å². The Morgan fingerprint density at radius 3 is 2.50 bits per heavy atom. The maximum Gasteiger partial charge on any atom is 0.413 e. The summed E-state index contributed by atoms with van der Waals surface area (Å²) in [6, 6.07) is 9.45. The molecule has 0 aliphatic carbocycles. The van der Waals surface area contributed by atoms with Crippen LogP contribution in [-0.2, 0) is 4.84 Å². The Morgan fingerprint density at radius 1 is 1.19 bits per heavy atom. The van der Waals surface area contributed by atoms with E-state index in [0.717, 1.165) is 5.56 Å². The van der Waals surface area contributed by atoms with Crippen LogP contribution in [0.5, 0.6) is 0 Å². The van der Waals surface area contributed by atoms with Gasteiger partial charge in [-0.2, -0.15) is 18.7 Å². The first-order valence-corrected chi connectivity index (χ1v) is 4.71. The number of hydrogen-bond acceptors (Lipinski definition) is 2. The second-order valence-corrected chi connectivity index (χ2v) is 3.07. The summed E-state index contributed by atoms with van der Waals surface area (Å²) in [5.74, 6) is 0. The second-order valence-electron chi connectivity index (χ2n) is 3.07. The Balaban J connectivity index is 2.14. The van der Waals surface area contributed by atoms with Gasteiger partial charge in [-0.3, -0.25) is 4.84 Å². The summed E-state index contributed by atoms with van der Waals surface area (Å²) in [6.07, 6.45) is -0.814. The molecule has 1 rings (SSSR count). The number of alkyl halides is 3. The molecule has 0 aliphatic heterocycles. The molecule has 0 bridgehead atoms. The van der Waals surface area contributed by atoms with E-state index in [9.17, 15) is 13.2 Å². The zero-order valence-electron chi connectivity index (χ0n) is 8.50. The molecule has 0 spiro atoms. The first-order valence-electron chi connectivity index (χ1n) is 4.71. The molecule has 0 aliphatic rings. The predicted octanol–water partition coefficient (Wildman–Crippen LogP) is 2.78. The summed E-state index contributed by atoms with van der Waals surface area (Å²) < 4.78 is 34.9. The van der Waals surface area contributed by atoms with Crippen LogP contribution < -0.4 is 5.48 Å². The van der Waals surface area contributed by atoms with Crippen molar-refractivity contribution in [3.8, 4) is 0 Å². The average molecular weight is 231 g/mol. The number of hydroxylamine groups is 1. The maximum absolute atomic E-state index is 11.6. The van der Waals surface area contributed by atoms with E-state index in [1.54, 1.807) is 12.2 Å². The lowest BCUT2D eigenvalue weighted by Gasteiger charge is -2.06. The third-order valence-electron chi connectivity index (χ3n) is 1.65. The van der Waals surface area contributed by atoms with Gasteiger partial charge in [0, 0.05) is 6.54 Å². The van der Waals surface area contributed by atoms with Crippen molar-refractivity contribution in [3.05, 3.63) is 42.0 Å². The van der Waals surface area contributed by atoms with E-state index in [1.165, 1.54) is 0 Å². The van der Waals surface area contributed by atoms with Crippen LogP contribution in [0.25, 0.3) is 6.08 Å². The summed E-state index contributed by atoms with van der Waals surface area (Å²) in [6.45, 7) is -1.06. The van der Waals surface area contributed by atoms with Crippen LogP contribution in [0.3, 0.4) is 0 Å². The molecule has 1 N–H and O–H groups in total. The first kappa shape index (κ1) is 12.7. The quantitative estimate of drug-likeness (QED) is 0.621. The van der Waals surface area contributed by atoms with Gasteiger partial charge in [0.2, 0.25) is 0 Å².